The Labute approximate surface area is 124 Å². The number of nitrogens with two attached hydrogens (primary N) is 1. The van der Waals surface area contributed by atoms with E-state index in [0.717, 1.165) is 32.7 Å². The number of methoxy groups -OCH3 is 1. The highest BCUT2D eigenvalue weighted by molar-refractivity contribution is 7.15. The molecule has 20 heavy (non-hydrogen) atoms. The number of thiazole rings is 1. The predicted octanol–water partition coefficient (Wildman–Crippen LogP) is 2.42. The highest BCUT2D eigenvalue weighted by Crippen LogP contribution is 2.16. The van der Waals surface area contributed by atoms with Crippen molar-refractivity contribution in [3.05, 3.63) is 47.0 Å². The van der Waals surface area contributed by atoms with Gasteiger partial charge in [-0.05, 0) is 12.0 Å². The van der Waals surface area contributed by atoms with Gasteiger partial charge < -0.3 is 10.5 Å². The lowest BCUT2D eigenvalue weighted by molar-refractivity contribution is 0.145. The minimum atomic E-state index is 0.634. The molecular formula is C15H21N3OS. The second kappa shape index (κ2) is 7.99. The van der Waals surface area contributed by atoms with E-state index in [1.807, 2.05) is 12.3 Å². The van der Waals surface area contributed by atoms with Crippen molar-refractivity contribution in [2.24, 2.45) is 0 Å². The predicted molar refractivity (Wildman–Crippen MR) is 83.8 cm³/mol. The maximum Gasteiger partial charge on any atom is 0.180 e. The number of nitrogens with zero attached hydrogens (tertiary/aromatic N) is 2. The van der Waals surface area contributed by atoms with Crippen LogP contribution in [0.3, 0.4) is 0 Å². The van der Waals surface area contributed by atoms with Crippen molar-refractivity contribution >= 4 is 16.5 Å². The van der Waals surface area contributed by atoms with Gasteiger partial charge in [0.1, 0.15) is 0 Å². The summed E-state index contributed by atoms with van der Waals surface area (Å²) in [7, 11) is 1.74. The normalized spacial score (nSPS) is 11.1. The van der Waals surface area contributed by atoms with Crippen molar-refractivity contribution in [1.82, 2.24) is 9.88 Å². The van der Waals surface area contributed by atoms with E-state index < -0.39 is 0 Å². The van der Waals surface area contributed by atoms with Crippen molar-refractivity contribution in [2.75, 3.05) is 32.5 Å². The summed E-state index contributed by atoms with van der Waals surface area (Å²) in [5, 5.41) is 0.634. The first-order valence-corrected chi connectivity index (χ1v) is 7.55. The van der Waals surface area contributed by atoms with Crippen LogP contribution in [0.2, 0.25) is 0 Å². The summed E-state index contributed by atoms with van der Waals surface area (Å²) in [5.41, 5.74) is 7.04. The number of aromatic nitrogens is 1. The van der Waals surface area contributed by atoms with Crippen LogP contribution in [-0.4, -0.2) is 36.7 Å². The summed E-state index contributed by atoms with van der Waals surface area (Å²) in [6, 6.07) is 10.5. The highest BCUT2D eigenvalue weighted by Gasteiger charge is 2.08. The molecule has 0 fully saturated rings. The first-order valence-electron chi connectivity index (χ1n) is 6.73. The Morgan fingerprint density at radius 1 is 1.25 bits per heavy atom. The van der Waals surface area contributed by atoms with Gasteiger partial charge in [0, 0.05) is 37.8 Å². The van der Waals surface area contributed by atoms with Gasteiger partial charge in [-0.15, -0.1) is 11.3 Å². The van der Waals surface area contributed by atoms with Crippen LogP contribution in [0.25, 0.3) is 0 Å². The average molecular weight is 291 g/mol. The Morgan fingerprint density at radius 3 is 2.70 bits per heavy atom. The third-order valence-corrected chi connectivity index (χ3v) is 3.93. The quantitative estimate of drug-likeness (QED) is 0.811. The molecule has 1 heterocycles. The fraction of sp³-hybridized carbons (Fsp3) is 0.400. The van der Waals surface area contributed by atoms with Crippen LogP contribution in [0.5, 0.6) is 0 Å². The van der Waals surface area contributed by atoms with Gasteiger partial charge in [-0.2, -0.15) is 0 Å². The molecule has 5 heteroatoms. The Kier molecular flexibility index (Phi) is 5.98. The minimum Gasteiger partial charge on any atom is -0.383 e. The zero-order chi connectivity index (χ0) is 14.2. The molecule has 0 atom stereocenters. The first kappa shape index (κ1) is 15.0. The second-order valence-electron chi connectivity index (χ2n) is 4.67. The third-order valence-electron chi connectivity index (χ3n) is 3.12. The van der Waals surface area contributed by atoms with Crippen LogP contribution < -0.4 is 5.73 Å². The lowest BCUT2D eigenvalue weighted by atomic mass is 10.1. The number of ether oxygens (including phenoxy) is 1. The molecule has 0 unspecified atom stereocenters. The smallest absolute Gasteiger partial charge is 0.180 e. The molecule has 2 aromatic rings. The number of hydrogen-bond acceptors (Lipinski definition) is 5. The lowest BCUT2D eigenvalue weighted by Crippen LogP contribution is -2.28. The van der Waals surface area contributed by atoms with Crippen LogP contribution in [0.15, 0.2) is 36.5 Å². The molecule has 0 aliphatic rings. The van der Waals surface area contributed by atoms with Crippen LogP contribution in [0.4, 0.5) is 5.13 Å². The molecule has 0 amide bonds. The molecule has 2 N–H and O–H groups in total. The molecule has 0 saturated carbocycles. The van der Waals surface area contributed by atoms with E-state index in [2.05, 4.69) is 34.1 Å². The third kappa shape index (κ3) is 4.92. The van der Waals surface area contributed by atoms with Gasteiger partial charge in [0.05, 0.1) is 6.61 Å². The number of hydrogen-bond donors (Lipinski definition) is 1. The number of benzene rings is 1. The summed E-state index contributed by atoms with van der Waals surface area (Å²) in [6.45, 7) is 3.54. The standard InChI is InChI=1S/C15H21N3OS/c1-19-10-9-18(12-14-11-17-15(16)20-14)8-7-13-5-3-2-4-6-13/h2-6,11H,7-10,12H2,1H3,(H2,16,17). The van der Waals surface area contributed by atoms with Crippen molar-refractivity contribution in [1.29, 1.82) is 0 Å². The topological polar surface area (TPSA) is 51.4 Å². The van der Waals surface area contributed by atoms with Gasteiger partial charge in [0.15, 0.2) is 5.13 Å². The molecule has 0 bridgehead atoms. The van der Waals surface area contributed by atoms with E-state index >= 15 is 0 Å². The van der Waals surface area contributed by atoms with E-state index in [4.69, 9.17) is 10.5 Å². The summed E-state index contributed by atoms with van der Waals surface area (Å²) < 4.78 is 5.19. The van der Waals surface area contributed by atoms with Gasteiger partial charge in [-0.25, -0.2) is 4.98 Å². The average Bonchev–Trinajstić information content (AvgIpc) is 2.88. The number of nitrogen functional groups attached to an aromatic ring is 1. The summed E-state index contributed by atoms with van der Waals surface area (Å²) >= 11 is 1.56. The van der Waals surface area contributed by atoms with Crippen LogP contribution in [0, 0.1) is 0 Å². The molecule has 1 aromatic heterocycles. The molecule has 0 aliphatic carbocycles. The molecule has 1 aromatic carbocycles. The van der Waals surface area contributed by atoms with Crippen LogP contribution in [0.1, 0.15) is 10.4 Å². The second-order valence-corrected chi connectivity index (χ2v) is 5.82. The van der Waals surface area contributed by atoms with Crippen molar-refractivity contribution in [3.8, 4) is 0 Å². The highest BCUT2D eigenvalue weighted by atomic mass is 32.1. The van der Waals surface area contributed by atoms with E-state index in [0.29, 0.717) is 5.13 Å². The molecule has 0 saturated heterocycles. The molecule has 0 spiro atoms. The fourth-order valence-corrected chi connectivity index (χ4v) is 2.76. The van der Waals surface area contributed by atoms with Gasteiger partial charge in [-0.3, -0.25) is 4.90 Å². The lowest BCUT2D eigenvalue weighted by Gasteiger charge is -2.21. The summed E-state index contributed by atoms with van der Waals surface area (Å²) in [5.74, 6) is 0. The molecule has 4 nitrogen and oxygen atoms in total. The zero-order valence-electron chi connectivity index (χ0n) is 11.8. The molecule has 0 radical (unpaired) electrons. The Bertz CT molecular complexity index is 501. The monoisotopic (exact) mass is 291 g/mol. The van der Waals surface area contributed by atoms with Crippen LogP contribution in [-0.2, 0) is 17.7 Å². The van der Waals surface area contributed by atoms with Gasteiger partial charge in [0.2, 0.25) is 0 Å². The molecule has 2 rings (SSSR count). The Hall–Kier alpha value is -1.43. The summed E-state index contributed by atoms with van der Waals surface area (Å²) in [4.78, 5) is 7.69. The van der Waals surface area contributed by atoms with E-state index in [-0.39, 0.29) is 0 Å². The van der Waals surface area contributed by atoms with Gasteiger partial charge >= 0.3 is 0 Å². The van der Waals surface area contributed by atoms with E-state index in [9.17, 15) is 0 Å². The largest absolute Gasteiger partial charge is 0.383 e. The maximum absolute atomic E-state index is 5.68. The van der Waals surface area contributed by atoms with Gasteiger partial charge in [0.25, 0.3) is 0 Å². The van der Waals surface area contributed by atoms with Gasteiger partial charge in [-0.1, -0.05) is 30.3 Å². The molecule has 108 valence electrons. The first-order chi connectivity index (χ1) is 9.78. The maximum atomic E-state index is 5.68. The van der Waals surface area contributed by atoms with Crippen molar-refractivity contribution in [2.45, 2.75) is 13.0 Å². The van der Waals surface area contributed by atoms with Crippen molar-refractivity contribution in [3.63, 3.8) is 0 Å². The van der Waals surface area contributed by atoms with Crippen molar-refractivity contribution < 1.29 is 4.74 Å². The Morgan fingerprint density at radius 2 is 2.05 bits per heavy atom. The molecule has 0 aliphatic heterocycles. The minimum absolute atomic E-state index is 0.634. The number of rotatable bonds is 8. The Balaban J connectivity index is 1.89. The van der Waals surface area contributed by atoms with E-state index in [1.165, 1.54) is 10.4 Å². The SMILES string of the molecule is COCCN(CCc1ccccc1)Cc1cnc(N)s1. The zero-order valence-corrected chi connectivity index (χ0v) is 12.6. The van der Waals surface area contributed by atoms with E-state index in [1.54, 1.807) is 18.4 Å². The molecular weight excluding hydrogens is 270 g/mol. The fourth-order valence-electron chi connectivity index (χ4n) is 2.04. The van der Waals surface area contributed by atoms with Crippen LogP contribution >= 0.6 is 11.3 Å². The number of anilines is 1. The summed E-state index contributed by atoms with van der Waals surface area (Å²) in [6.07, 6.45) is 2.90.